The summed E-state index contributed by atoms with van der Waals surface area (Å²) in [6, 6.07) is 12.3. The summed E-state index contributed by atoms with van der Waals surface area (Å²) in [5, 5.41) is 0.684. The van der Waals surface area contributed by atoms with Gasteiger partial charge in [-0.3, -0.25) is 4.79 Å². The highest BCUT2D eigenvalue weighted by Gasteiger charge is 2.25. The molecule has 0 aliphatic carbocycles. The number of amides is 1. The van der Waals surface area contributed by atoms with E-state index in [2.05, 4.69) is 9.62 Å². The number of hydrogen-bond acceptors (Lipinski definition) is 4. The third-order valence-corrected chi connectivity index (χ3v) is 6.41. The molecule has 1 heterocycles. The predicted molar refractivity (Wildman–Crippen MR) is 107 cm³/mol. The van der Waals surface area contributed by atoms with E-state index >= 15 is 0 Å². The van der Waals surface area contributed by atoms with Crippen molar-refractivity contribution in [1.29, 1.82) is 0 Å². The highest BCUT2D eigenvalue weighted by molar-refractivity contribution is 7.89. The smallest absolute Gasteiger partial charge is 0.254 e. The molecule has 144 valence electrons. The molecule has 3 rings (SSSR count). The molecule has 1 aliphatic heterocycles. The molecule has 2 aromatic carbocycles. The molecule has 8 heteroatoms. The van der Waals surface area contributed by atoms with Crippen LogP contribution in [0.4, 0.5) is 5.69 Å². The summed E-state index contributed by atoms with van der Waals surface area (Å²) in [6.07, 6.45) is 0. The number of nitrogens with zero attached hydrogens (tertiary/aromatic N) is 2. The lowest BCUT2D eigenvalue weighted by Gasteiger charge is -2.36. The van der Waals surface area contributed by atoms with Crippen LogP contribution in [-0.4, -0.2) is 52.5 Å². The largest absolute Gasteiger partial charge is 0.368 e. The fourth-order valence-electron chi connectivity index (χ4n) is 3.13. The third kappa shape index (κ3) is 4.26. The Bertz CT molecular complexity index is 954. The van der Waals surface area contributed by atoms with E-state index in [4.69, 9.17) is 11.6 Å². The molecule has 0 unspecified atom stereocenters. The number of hydrogen-bond donors (Lipinski definition) is 1. The first-order chi connectivity index (χ1) is 12.8. The van der Waals surface area contributed by atoms with Gasteiger partial charge in [-0.05, 0) is 49.9 Å². The average molecular weight is 408 g/mol. The summed E-state index contributed by atoms with van der Waals surface area (Å²) < 4.78 is 26.4. The molecule has 0 saturated carbocycles. The van der Waals surface area contributed by atoms with Gasteiger partial charge in [-0.1, -0.05) is 23.7 Å². The highest BCUT2D eigenvalue weighted by Crippen LogP contribution is 2.22. The zero-order chi connectivity index (χ0) is 19.6. The second-order valence-corrected chi connectivity index (χ2v) is 8.77. The van der Waals surface area contributed by atoms with E-state index in [1.807, 2.05) is 31.2 Å². The molecule has 0 spiro atoms. The van der Waals surface area contributed by atoms with Gasteiger partial charge in [0.2, 0.25) is 10.0 Å². The van der Waals surface area contributed by atoms with E-state index in [1.165, 1.54) is 19.2 Å². The van der Waals surface area contributed by atoms with Gasteiger partial charge in [0.1, 0.15) is 0 Å². The number of nitrogens with one attached hydrogen (secondary N) is 1. The number of piperazine rings is 1. The maximum absolute atomic E-state index is 13.0. The quantitative estimate of drug-likeness (QED) is 0.845. The minimum atomic E-state index is -3.59. The van der Waals surface area contributed by atoms with Crippen LogP contribution in [0.5, 0.6) is 0 Å². The number of benzene rings is 2. The summed E-state index contributed by atoms with van der Waals surface area (Å²) >= 11 is 6.06. The van der Waals surface area contributed by atoms with Crippen LogP contribution in [0.25, 0.3) is 0 Å². The fraction of sp³-hybridized carbons (Fsp3) is 0.316. The molecule has 1 N–H and O–H groups in total. The summed E-state index contributed by atoms with van der Waals surface area (Å²) in [5.74, 6) is -0.147. The maximum atomic E-state index is 13.0. The van der Waals surface area contributed by atoms with Gasteiger partial charge < -0.3 is 9.80 Å². The van der Waals surface area contributed by atoms with E-state index in [0.717, 1.165) is 11.3 Å². The van der Waals surface area contributed by atoms with Crippen molar-refractivity contribution in [2.24, 2.45) is 0 Å². The molecular weight excluding hydrogens is 386 g/mol. The number of carbonyl (C=O) groups is 1. The lowest BCUT2D eigenvalue weighted by atomic mass is 10.1. The first-order valence-electron chi connectivity index (χ1n) is 8.66. The Hall–Kier alpha value is -2.09. The zero-order valence-corrected chi connectivity index (χ0v) is 16.8. The van der Waals surface area contributed by atoms with Crippen molar-refractivity contribution < 1.29 is 13.2 Å². The molecule has 0 atom stereocenters. The van der Waals surface area contributed by atoms with E-state index < -0.39 is 10.0 Å². The average Bonchev–Trinajstić information content (AvgIpc) is 2.68. The van der Waals surface area contributed by atoms with Crippen molar-refractivity contribution in [2.75, 3.05) is 38.1 Å². The number of rotatable bonds is 4. The number of carbonyl (C=O) groups excluding carboxylic acids is 1. The molecule has 0 bridgehead atoms. The van der Waals surface area contributed by atoms with Gasteiger partial charge in [0.25, 0.3) is 5.91 Å². The van der Waals surface area contributed by atoms with Gasteiger partial charge >= 0.3 is 0 Å². The van der Waals surface area contributed by atoms with Crippen LogP contribution < -0.4 is 9.62 Å². The van der Waals surface area contributed by atoms with Gasteiger partial charge in [0, 0.05) is 42.5 Å². The van der Waals surface area contributed by atoms with Crippen LogP contribution in [0.3, 0.4) is 0 Å². The summed E-state index contributed by atoms with van der Waals surface area (Å²) in [5.41, 5.74) is 2.21. The molecule has 1 aliphatic rings. The molecule has 6 nitrogen and oxygen atoms in total. The van der Waals surface area contributed by atoms with Crippen molar-refractivity contribution in [3.8, 4) is 0 Å². The normalized spacial score (nSPS) is 15.1. The molecule has 1 saturated heterocycles. The van der Waals surface area contributed by atoms with Crippen LogP contribution in [0, 0.1) is 6.92 Å². The first kappa shape index (κ1) is 19.7. The van der Waals surface area contributed by atoms with Crippen LogP contribution in [0.15, 0.2) is 47.4 Å². The Kier molecular flexibility index (Phi) is 5.74. The minimum absolute atomic E-state index is 0.0940. The molecule has 1 fully saturated rings. The van der Waals surface area contributed by atoms with Gasteiger partial charge in [-0.25, -0.2) is 13.1 Å². The van der Waals surface area contributed by atoms with Gasteiger partial charge in [-0.2, -0.15) is 0 Å². The van der Waals surface area contributed by atoms with Crippen LogP contribution >= 0.6 is 11.6 Å². The molecule has 27 heavy (non-hydrogen) atoms. The SMILES string of the molecule is CNS(=O)(=O)c1ccc(C)c(C(=O)N2CCN(c3cccc(Cl)c3)CC2)c1. The Morgan fingerprint density at radius 1 is 1.07 bits per heavy atom. The van der Waals surface area contributed by atoms with Gasteiger partial charge in [0.15, 0.2) is 0 Å². The van der Waals surface area contributed by atoms with Gasteiger partial charge in [0.05, 0.1) is 4.90 Å². The Balaban J connectivity index is 1.75. The molecule has 0 aromatic heterocycles. The Labute approximate surface area is 164 Å². The fourth-order valence-corrected chi connectivity index (χ4v) is 4.07. The van der Waals surface area contributed by atoms with E-state index in [1.54, 1.807) is 11.0 Å². The van der Waals surface area contributed by atoms with Crippen LogP contribution in [-0.2, 0) is 10.0 Å². The second kappa shape index (κ2) is 7.88. The molecule has 2 aromatic rings. The van der Waals surface area contributed by atoms with Crippen molar-refractivity contribution in [3.05, 3.63) is 58.6 Å². The monoisotopic (exact) mass is 407 g/mol. The third-order valence-electron chi connectivity index (χ3n) is 4.76. The van der Waals surface area contributed by atoms with E-state index in [0.29, 0.717) is 36.8 Å². The van der Waals surface area contributed by atoms with Crippen molar-refractivity contribution in [1.82, 2.24) is 9.62 Å². The van der Waals surface area contributed by atoms with E-state index in [9.17, 15) is 13.2 Å². The number of anilines is 1. The number of sulfonamides is 1. The lowest BCUT2D eigenvalue weighted by molar-refractivity contribution is 0.0746. The van der Waals surface area contributed by atoms with Crippen molar-refractivity contribution in [3.63, 3.8) is 0 Å². The minimum Gasteiger partial charge on any atom is -0.368 e. The zero-order valence-electron chi connectivity index (χ0n) is 15.3. The number of aryl methyl sites for hydroxylation is 1. The molecule has 1 amide bonds. The summed E-state index contributed by atoms with van der Waals surface area (Å²) in [4.78, 5) is 17.0. The van der Waals surface area contributed by atoms with Gasteiger partial charge in [-0.15, -0.1) is 0 Å². The second-order valence-electron chi connectivity index (χ2n) is 6.44. The standard InChI is InChI=1S/C19H22ClN3O3S/c1-14-6-7-17(27(25,26)21-2)13-18(14)19(24)23-10-8-22(9-11-23)16-5-3-4-15(20)12-16/h3-7,12-13,21H,8-11H2,1-2H3. The van der Waals surface area contributed by atoms with Crippen molar-refractivity contribution >= 4 is 33.2 Å². The van der Waals surface area contributed by atoms with Crippen LogP contribution in [0.2, 0.25) is 5.02 Å². The Morgan fingerprint density at radius 3 is 2.41 bits per heavy atom. The Morgan fingerprint density at radius 2 is 1.78 bits per heavy atom. The first-order valence-corrected chi connectivity index (χ1v) is 10.5. The van der Waals surface area contributed by atoms with Crippen molar-refractivity contribution in [2.45, 2.75) is 11.8 Å². The lowest BCUT2D eigenvalue weighted by Crippen LogP contribution is -2.49. The summed E-state index contributed by atoms with van der Waals surface area (Å²) in [6.45, 7) is 4.33. The van der Waals surface area contributed by atoms with Crippen LogP contribution in [0.1, 0.15) is 15.9 Å². The maximum Gasteiger partial charge on any atom is 0.254 e. The number of halogens is 1. The molecular formula is C19H22ClN3O3S. The highest BCUT2D eigenvalue weighted by atomic mass is 35.5. The predicted octanol–water partition coefficient (Wildman–Crippen LogP) is 2.52. The summed E-state index contributed by atoms with van der Waals surface area (Å²) in [7, 11) is -2.24. The van der Waals surface area contributed by atoms with E-state index in [-0.39, 0.29) is 10.8 Å². The molecule has 0 radical (unpaired) electrons. The topological polar surface area (TPSA) is 69.7 Å².